The van der Waals surface area contributed by atoms with E-state index in [4.69, 9.17) is 9.47 Å². The smallest absolute Gasteiger partial charge is 0.166 e. The summed E-state index contributed by atoms with van der Waals surface area (Å²) in [5.41, 5.74) is 1.27. The van der Waals surface area contributed by atoms with Gasteiger partial charge in [-0.25, -0.2) is 0 Å². The minimum atomic E-state index is 0.322. The van der Waals surface area contributed by atoms with Crippen molar-refractivity contribution in [3.8, 4) is 11.5 Å². The first-order chi connectivity index (χ1) is 10.4. The third-order valence-corrected chi connectivity index (χ3v) is 5.50. The SMILES string of the molecule is COc1cccc(C2CCCCN2)c1OC1CCCSC1. The van der Waals surface area contributed by atoms with Crippen LogP contribution in [-0.4, -0.2) is 31.3 Å². The van der Waals surface area contributed by atoms with Gasteiger partial charge in [0.1, 0.15) is 6.10 Å². The van der Waals surface area contributed by atoms with E-state index in [1.807, 2.05) is 17.8 Å². The molecule has 2 unspecified atom stereocenters. The number of hydrogen-bond acceptors (Lipinski definition) is 4. The summed E-state index contributed by atoms with van der Waals surface area (Å²) in [6, 6.07) is 6.68. The molecule has 2 fully saturated rings. The highest BCUT2D eigenvalue weighted by Crippen LogP contribution is 2.39. The Labute approximate surface area is 131 Å². The minimum Gasteiger partial charge on any atom is -0.493 e. The molecule has 0 amide bonds. The van der Waals surface area contributed by atoms with Crippen molar-refractivity contribution < 1.29 is 9.47 Å². The quantitative estimate of drug-likeness (QED) is 0.917. The van der Waals surface area contributed by atoms with Gasteiger partial charge in [0, 0.05) is 17.4 Å². The summed E-state index contributed by atoms with van der Waals surface area (Å²) in [5.74, 6) is 4.20. The average molecular weight is 307 g/mol. The molecular formula is C17H25NO2S. The lowest BCUT2D eigenvalue weighted by Gasteiger charge is -2.29. The maximum Gasteiger partial charge on any atom is 0.166 e. The van der Waals surface area contributed by atoms with Crippen LogP contribution in [0.15, 0.2) is 18.2 Å². The minimum absolute atomic E-state index is 0.322. The van der Waals surface area contributed by atoms with E-state index in [0.717, 1.165) is 30.2 Å². The second-order valence-electron chi connectivity index (χ2n) is 5.84. The summed E-state index contributed by atoms with van der Waals surface area (Å²) < 4.78 is 11.9. The lowest BCUT2D eigenvalue weighted by Crippen LogP contribution is -2.29. The number of ether oxygens (including phenoxy) is 2. The van der Waals surface area contributed by atoms with Crippen LogP contribution in [0.3, 0.4) is 0 Å². The molecule has 1 aromatic carbocycles. The molecule has 0 bridgehead atoms. The van der Waals surface area contributed by atoms with E-state index in [2.05, 4.69) is 17.4 Å². The molecule has 3 nitrogen and oxygen atoms in total. The maximum atomic E-state index is 6.38. The van der Waals surface area contributed by atoms with E-state index in [1.54, 1.807) is 7.11 Å². The van der Waals surface area contributed by atoms with Crippen LogP contribution in [0.1, 0.15) is 43.7 Å². The number of hydrogen-bond donors (Lipinski definition) is 1. The van der Waals surface area contributed by atoms with Crippen molar-refractivity contribution in [2.24, 2.45) is 0 Å². The zero-order valence-corrected chi connectivity index (χ0v) is 13.6. The first-order valence-electron chi connectivity index (χ1n) is 8.03. The Morgan fingerprint density at radius 2 is 2.14 bits per heavy atom. The van der Waals surface area contributed by atoms with Crippen LogP contribution in [0.25, 0.3) is 0 Å². The van der Waals surface area contributed by atoms with Gasteiger partial charge in [0.25, 0.3) is 0 Å². The molecule has 4 heteroatoms. The number of rotatable bonds is 4. The molecule has 0 aliphatic carbocycles. The van der Waals surface area contributed by atoms with Crippen molar-refractivity contribution in [3.63, 3.8) is 0 Å². The zero-order chi connectivity index (χ0) is 14.5. The summed E-state index contributed by atoms with van der Waals surface area (Å²) in [6.45, 7) is 1.10. The number of para-hydroxylation sites is 1. The van der Waals surface area contributed by atoms with Gasteiger partial charge >= 0.3 is 0 Å². The number of benzene rings is 1. The molecule has 0 aromatic heterocycles. The molecule has 2 aliphatic heterocycles. The number of thioether (sulfide) groups is 1. The molecule has 0 radical (unpaired) electrons. The van der Waals surface area contributed by atoms with Gasteiger partial charge < -0.3 is 14.8 Å². The Kier molecular flexibility index (Phi) is 5.31. The highest BCUT2D eigenvalue weighted by Gasteiger charge is 2.24. The number of nitrogens with one attached hydrogen (secondary N) is 1. The van der Waals surface area contributed by atoms with E-state index in [0.29, 0.717) is 12.1 Å². The van der Waals surface area contributed by atoms with Crippen LogP contribution < -0.4 is 14.8 Å². The Bertz CT molecular complexity index is 454. The van der Waals surface area contributed by atoms with E-state index >= 15 is 0 Å². The lowest BCUT2D eigenvalue weighted by atomic mass is 9.96. The summed E-state index contributed by atoms with van der Waals surface area (Å²) >= 11 is 2.00. The van der Waals surface area contributed by atoms with Gasteiger partial charge in [0.05, 0.1) is 7.11 Å². The van der Waals surface area contributed by atoms with Crippen LogP contribution in [0.2, 0.25) is 0 Å². The maximum absolute atomic E-state index is 6.38. The molecular weight excluding hydrogens is 282 g/mol. The molecule has 3 rings (SSSR count). The molecule has 0 saturated carbocycles. The standard InChI is InChI=1S/C17H25NO2S/c1-19-16-9-4-7-14(15-8-2-3-10-18-15)17(16)20-13-6-5-11-21-12-13/h4,7,9,13,15,18H,2-3,5-6,8,10-12H2,1H3. The lowest BCUT2D eigenvalue weighted by molar-refractivity contribution is 0.197. The summed E-state index contributed by atoms with van der Waals surface area (Å²) in [7, 11) is 1.73. The molecule has 2 saturated heterocycles. The van der Waals surface area contributed by atoms with Gasteiger partial charge in [0.2, 0.25) is 0 Å². The zero-order valence-electron chi connectivity index (χ0n) is 12.8. The number of piperidine rings is 1. The first-order valence-corrected chi connectivity index (χ1v) is 9.18. The third kappa shape index (κ3) is 3.67. The van der Waals surface area contributed by atoms with Gasteiger partial charge in [-0.3, -0.25) is 0 Å². The van der Waals surface area contributed by atoms with E-state index in [1.165, 1.54) is 37.0 Å². The second kappa shape index (κ2) is 7.41. The van der Waals surface area contributed by atoms with Gasteiger partial charge in [-0.1, -0.05) is 18.6 Å². The van der Waals surface area contributed by atoms with E-state index < -0.39 is 0 Å². The Morgan fingerprint density at radius 3 is 2.86 bits per heavy atom. The van der Waals surface area contributed by atoms with Crippen LogP contribution in [0, 0.1) is 0 Å². The second-order valence-corrected chi connectivity index (χ2v) is 6.99. The Balaban J connectivity index is 1.83. The predicted molar refractivity (Wildman–Crippen MR) is 88.6 cm³/mol. The van der Waals surface area contributed by atoms with Crippen molar-refractivity contribution in [2.75, 3.05) is 25.2 Å². The first kappa shape index (κ1) is 15.0. The van der Waals surface area contributed by atoms with Crippen molar-refractivity contribution >= 4 is 11.8 Å². The fraction of sp³-hybridized carbons (Fsp3) is 0.647. The molecule has 116 valence electrons. The molecule has 2 heterocycles. The molecule has 1 aromatic rings. The average Bonchev–Trinajstić information content (AvgIpc) is 2.57. The topological polar surface area (TPSA) is 30.5 Å². The molecule has 21 heavy (non-hydrogen) atoms. The highest BCUT2D eigenvalue weighted by molar-refractivity contribution is 7.99. The van der Waals surface area contributed by atoms with Crippen molar-refractivity contribution in [1.29, 1.82) is 0 Å². The Hall–Kier alpha value is -0.870. The van der Waals surface area contributed by atoms with Crippen molar-refractivity contribution in [1.82, 2.24) is 5.32 Å². The highest BCUT2D eigenvalue weighted by atomic mass is 32.2. The van der Waals surface area contributed by atoms with Crippen LogP contribution in [0.4, 0.5) is 0 Å². The van der Waals surface area contributed by atoms with Crippen molar-refractivity contribution in [2.45, 2.75) is 44.2 Å². The van der Waals surface area contributed by atoms with Crippen LogP contribution in [-0.2, 0) is 0 Å². The molecule has 2 atom stereocenters. The fourth-order valence-electron chi connectivity index (χ4n) is 3.18. The van der Waals surface area contributed by atoms with Crippen LogP contribution >= 0.6 is 11.8 Å². The summed E-state index contributed by atoms with van der Waals surface area (Å²) in [5, 5.41) is 3.62. The van der Waals surface area contributed by atoms with E-state index in [-0.39, 0.29) is 0 Å². The summed E-state index contributed by atoms with van der Waals surface area (Å²) in [4.78, 5) is 0. The normalized spacial score (nSPS) is 26.3. The molecule has 1 N–H and O–H groups in total. The van der Waals surface area contributed by atoms with Gasteiger partial charge in [-0.2, -0.15) is 11.8 Å². The van der Waals surface area contributed by atoms with Gasteiger partial charge in [-0.05, 0) is 44.0 Å². The third-order valence-electron chi connectivity index (χ3n) is 4.32. The number of methoxy groups -OCH3 is 1. The van der Waals surface area contributed by atoms with Gasteiger partial charge in [-0.15, -0.1) is 0 Å². The van der Waals surface area contributed by atoms with E-state index in [9.17, 15) is 0 Å². The Morgan fingerprint density at radius 1 is 1.19 bits per heavy atom. The largest absolute Gasteiger partial charge is 0.493 e. The predicted octanol–water partition coefficient (Wildman–Crippen LogP) is 3.78. The fourth-order valence-corrected chi connectivity index (χ4v) is 4.22. The molecule has 0 spiro atoms. The summed E-state index contributed by atoms with van der Waals surface area (Å²) in [6.07, 6.45) is 6.47. The van der Waals surface area contributed by atoms with Crippen LogP contribution in [0.5, 0.6) is 11.5 Å². The van der Waals surface area contributed by atoms with Gasteiger partial charge in [0.15, 0.2) is 11.5 Å². The monoisotopic (exact) mass is 307 g/mol. The van der Waals surface area contributed by atoms with Crippen molar-refractivity contribution in [3.05, 3.63) is 23.8 Å². The molecule has 2 aliphatic rings.